The predicted molar refractivity (Wildman–Crippen MR) is 90.9 cm³/mol. The topological polar surface area (TPSA) is 122 Å². The van der Waals surface area contributed by atoms with Crippen LogP contribution >= 0.6 is 0 Å². The molecule has 0 aliphatic rings. The number of nitrogens with one attached hydrogen (secondary N) is 3. The van der Waals surface area contributed by atoms with Crippen molar-refractivity contribution in [3.63, 3.8) is 0 Å². The van der Waals surface area contributed by atoms with Crippen LogP contribution in [0, 0.1) is 5.92 Å². The fourth-order valence-corrected chi connectivity index (χ4v) is 2.17. The fourth-order valence-electron chi connectivity index (χ4n) is 2.17. The van der Waals surface area contributed by atoms with Crippen molar-refractivity contribution in [1.29, 1.82) is 0 Å². The molecular formula is C16H22N6O3. The molecule has 2 rings (SSSR count). The first kappa shape index (κ1) is 18.4. The van der Waals surface area contributed by atoms with E-state index in [0.717, 1.165) is 0 Å². The largest absolute Gasteiger partial charge is 0.460 e. The molecule has 0 radical (unpaired) electrons. The number of hydrogen-bond acceptors (Lipinski definition) is 6. The second kappa shape index (κ2) is 8.76. The molecule has 1 atom stereocenters. The number of urea groups is 1. The predicted octanol–water partition coefficient (Wildman–Crippen LogP) is 2.29. The van der Waals surface area contributed by atoms with Crippen LogP contribution in [0.5, 0.6) is 0 Å². The Balaban J connectivity index is 2.08. The van der Waals surface area contributed by atoms with E-state index in [1.807, 2.05) is 13.8 Å². The molecule has 134 valence electrons. The van der Waals surface area contributed by atoms with E-state index in [4.69, 9.17) is 4.74 Å². The van der Waals surface area contributed by atoms with E-state index in [9.17, 15) is 9.59 Å². The minimum Gasteiger partial charge on any atom is -0.460 e. The van der Waals surface area contributed by atoms with Crippen molar-refractivity contribution in [3.05, 3.63) is 36.0 Å². The van der Waals surface area contributed by atoms with Crippen LogP contribution in [0.25, 0.3) is 0 Å². The Kier molecular flexibility index (Phi) is 6.44. The monoisotopic (exact) mass is 346 g/mol. The Hall–Kier alpha value is -2.97. The number of esters is 1. The Labute approximate surface area is 145 Å². The molecule has 2 heterocycles. The van der Waals surface area contributed by atoms with Crippen LogP contribution in [0.15, 0.2) is 24.4 Å². The molecule has 9 nitrogen and oxygen atoms in total. The quantitative estimate of drug-likeness (QED) is 0.661. The molecule has 0 unspecified atom stereocenters. The lowest BCUT2D eigenvalue weighted by Gasteiger charge is -2.18. The van der Waals surface area contributed by atoms with Gasteiger partial charge in [0.05, 0.1) is 12.6 Å². The summed E-state index contributed by atoms with van der Waals surface area (Å²) >= 11 is 0. The van der Waals surface area contributed by atoms with E-state index < -0.39 is 18.0 Å². The standard InChI is InChI=1S/C16H22N6O3/c1-4-25-15(23)14-20-13(21-22-14)11(9-10(2)3)18-16(24)19-12-7-5-6-8-17-12/h5-8,10-11H,4,9H2,1-3H3,(H,20,21,22)(H2,17,18,19,24)/t11-/m1/s1. The summed E-state index contributed by atoms with van der Waals surface area (Å²) < 4.78 is 4.87. The second-order valence-corrected chi connectivity index (χ2v) is 5.76. The van der Waals surface area contributed by atoms with Gasteiger partial charge in [-0.25, -0.2) is 19.6 Å². The zero-order valence-electron chi connectivity index (χ0n) is 14.4. The van der Waals surface area contributed by atoms with Crippen molar-refractivity contribution in [2.45, 2.75) is 33.2 Å². The van der Waals surface area contributed by atoms with Gasteiger partial charge in [0.1, 0.15) is 11.6 Å². The highest BCUT2D eigenvalue weighted by molar-refractivity contribution is 5.88. The van der Waals surface area contributed by atoms with Crippen LogP contribution in [0.3, 0.4) is 0 Å². The number of hydrogen-bond donors (Lipinski definition) is 3. The molecule has 0 aromatic carbocycles. The van der Waals surface area contributed by atoms with Crippen molar-refractivity contribution in [1.82, 2.24) is 25.5 Å². The third-order valence-corrected chi connectivity index (χ3v) is 3.21. The molecule has 0 spiro atoms. The van der Waals surface area contributed by atoms with Gasteiger partial charge >= 0.3 is 12.0 Å². The Morgan fingerprint density at radius 2 is 2.12 bits per heavy atom. The number of aromatic nitrogens is 4. The molecule has 25 heavy (non-hydrogen) atoms. The van der Waals surface area contributed by atoms with Gasteiger partial charge < -0.3 is 10.1 Å². The molecule has 2 aromatic rings. The highest BCUT2D eigenvalue weighted by Gasteiger charge is 2.22. The maximum atomic E-state index is 12.2. The van der Waals surface area contributed by atoms with Crippen molar-refractivity contribution in [2.24, 2.45) is 5.92 Å². The van der Waals surface area contributed by atoms with Gasteiger partial charge in [-0.05, 0) is 31.4 Å². The second-order valence-electron chi connectivity index (χ2n) is 5.76. The lowest BCUT2D eigenvalue weighted by molar-refractivity contribution is 0.0512. The van der Waals surface area contributed by atoms with E-state index in [-0.39, 0.29) is 18.3 Å². The van der Waals surface area contributed by atoms with E-state index >= 15 is 0 Å². The number of amides is 2. The summed E-state index contributed by atoms with van der Waals surface area (Å²) in [7, 11) is 0. The molecule has 0 bridgehead atoms. The first-order valence-corrected chi connectivity index (χ1v) is 8.07. The lowest BCUT2D eigenvalue weighted by atomic mass is 10.0. The maximum absolute atomic E-state index is 12.2. The van der Waals surface area contributed by atoms with Crippen molar-refractivity contribution in [3.8, 4) is 0 Å². The molecule has 0 saturated heterocycles. The number of aromatic amines is 1. The fraction of sp³-hybridized carbons (Fsp3) is 0.438. The normalized spacial score (nSPS) is 11.8. The van der Waals surface area contributed by atoms with Crippen molar-refractivity contribution in [2.75, 3.05) is 11.9 Å². The molecular weight excluding hydrogens is 324 g/mol. The third-order valence-electron chi connectivity index (χ3n) is 3.21. The van der Waals surface area contributed by atoms with Gasteiger partial charge in [0, 0.05) is 6.20 Å². The zero-order chi connectivity index (χ0) is 18.2. The van der Waals surface area contributed by atoms with Crippen LogP contribution < -0.4 is 10.6 Å². The summed E-state index contributed by atoms with van der Waals surface area (Å²) in [6.07, 6.45) is 2.20. The van der Waals surface area contributed by atoms with Crippen LogP contribution in [0.2, 0.25) is 0 Å². The van der Waals surface area contributed by atoms with Crippen LogP contribution in [-0.4, -0.2) is 38.8 Å². The Morgan fingerprint density at radius 1 is 1.32 bits per heavy atom. The van der Waals surface area contributed by atoms with Crippen molar-refractivity contribution >= 4 is 17.8 Å². The SMILES string of the molecule is CCOC(=O)c1n[nH]c([C@@H](CC(C)C)NC(=O)Nc2ccccn2)n1. The molecule has 2 aromatic heterocycles. The van der Waals surface area contributed by atoms with Gasteiger partial charge in [0.15, 0.2) is 0 Å². The van der Waals surface area contributed by atoms with Gasteiger partial charge in [-0.2, -0.15) is 0 Å². The number of rotatable bonds is 7. The van der Waals surface area contributed by atoms with Gasteiger partial charge in [-0.1, -0.05) is 19.9 Å². The number of anilines is 1. The molecule has 0 aliphatic carbocycles. The first-order valence-electron chi connectivity index (χ1n) is 8.07. The van der Waals surface area contributed by atoms with Gasteiger partial charge in [-0.3, -0.25) is 10.4 Å². The Bertz CT molecular complexity index is 701. The molecule has 3 N–H and O–H groups in total. The van der Waals surface area contributed by atoms with E-state index in [1.54, 1.807) is 31.3 Å². The average Bonchev–Trinajstić information content (AvgIpc) is 3.05. The minimum absolute atomic E-state index is 0.0578. The van der Waals surface area contributed by atoms with Gasteiger partial charge in [0.2, 0.25) is 0 Å². The summed E-state index contributed by atoms with van der Waals surface area (Å²) in [5.41, 5.74) is 0. The highest BCUT2D eigenvalue weighted by atomic mass is 16.5. The highest BCUT2D eigenvalue weighted by Crippen LogP contribution is 2.18. The number of carbonyl (C=O) groups excluding carboxylic acids is 2. The smallest absolute Gasteiger partial charge is 0.378 e. The zero-order valence-corrected chi connectivity index (χ0v) is 14.4. The lowest BCUT2D eigenvalue weighted by Crippen LogP contribution is -2.34. The minimum atomic E-state index is -0.605. The summed E-state index contributed by atoms with van der Waals surface area (Å²) in [5, 5.41) is 12.0. The van der Waals surface area contributed by atoms with Crippen LogP contribution in [0.4, 0.5) is 10.6 Å². The first-order chi connectivity index (χ1) is 12.0. The van der Waals surface area contributed by atoms with Crippen LogP contribution in [0.1, 0.15) is 49.7 Å². The molecule has 0 saturated carbocycles. The maximum Gasteiger partial charge on any atom is 0.378 e. The van der Waals surface area contributed by atoms with Gasteiger partial charge in [0.25, 0.3) is 5.82 Å². The number of nitrogens with zero attached hydrogens (tertiary/aromatic N) is 3. The number of ether oxygens (including phenoxy) is 1. The van der Waals surface area contributed by atoms with E-state index in [0.29, 0.717) is 18.1 Å². The number of pyridine rings is 1. The van der Waals surface area contributed by atoms with E-state index in [2.05, 4.69) is 30.8 Å². The molecule has 0 aliphatic heterocycles. The summed E-state index contributed by atoms with van der Waals surface area (Å²) in [4.78, 5) is 32.1. The summed E-state index contributed by atoms with van der Waals surface area (Å²) in [6, 6.07) is 4.37. The van der Waals surface area contributed by atoms with Crippen LogP contribution in [-0.2, 0) is 4.74 Å². The molecule has 9 heteroatoms. The van der Waals surface area contributed by atoms with Gasteiger partial charge in [-0.15, -0.1) is 5.10 Å². The Morgan fingerprint density at radius 3 is 2.76 bits per heavy atom. The molecule has 0 fully saturated rings. The summed E-state index contributed by atoms with van der Waals surface area (Å²) in [5.74, 6) is 0.459. The third kappa shape index (κ3) is 5.55. The number of H-pyrrole nitrogens is 1. The summed E-state index contributed by atoms with van der Waals surface area (Å²) in [6.45, 7) is 5.99. The van der Waals surface area contributed by atoms with Crippen molar-refractivity contribution < 1.29 is 14.3 Å². The number of carbonyl (C=O) groups is 2. The van der Waals surface area contributed by atoms with E-state index in [1.165, 1.54) is 0 Å². The average molecular weight is 346 g/mol. The molecule has 2 amide bonds.